The molecule has 1 heterocycles. The number of benzene rings is 1. The number of ether oxygens (including phenoxy) is 1. The van der Waals surface area contributed by atoms with Crippen LogP contribution in [0, 0.1) is 5.92 Å². The van der Waals surface area contributed by atoms with Crippen molar-refractivity contribution in [3.05, 3.63) is 23.8 Å². The van der Waals surface area contributed by atoms with E-state index in [4.69, 9.17) is 4.74 Å². The molecular formula is C30H47N5O5. The van der Waals surface area contributed by atoms with Crippen LogP contribution in [-0.2, 0) is 0 Å². The number of likely N-dealkylation sites (N-methyl/N-ethyl adjacent to an activating group) is 1. The molecule has 3 atom stereocenters. The lowest BCUT2D eigenvalue weighted by molar-refractivity contribution is 0.0366. The first kappa shape index (κ1) is 30.0. The fraction of sp³-hybridized carbons (Fsp3) is 0.700. The number of urea groups is 2. The van der Waals surface area contributed by atoms with Crippen LogP contribution in [0.4, 0.5) is 15.3 Å². The van der Waals surface area contributed by atoms with Crippen LogP contribution in [0.5, 0.6) is 5.75 Å². The van der Waals surface area contributed by atoms with Crippen LogP contribution in [0.1, 0.15) is 88.4 Å². The normalized spacial score (nSPS) is 23.2. The summed E-state index contributed by atoms with van der Waals surface area (Å²) in [6.07, 6.45) is 10.5. The Morgan fingerprint density at radius 1 is 1.05 bits per heavy atom. The van der Waals surface area contributed by atoms with Gasteiger partial charge in [-0.3, -0.25) is 4.79 Å². The van der Waals surface area contributed by atoms with Gasteiger partial charge in [0.2, 0.25) is 0 Å². The van der Waals surface area contributed by atoms with Gasteiger partial charge in [-0.2, -0.15) is 0 Å². The number of rotatable bonds is 7. The Hall–Kier alpha value is -3.01. The van der Waals surface area contributed by atoms with Gasteiger partial charge in [-0.1, -0.05) is 45.4 Å². The first-order chi connectivity index (χ1) is 19.2. The summed E-state index contributed by atoms with van der Waals surface area (Å²) in [6, 6.07) is 4.64. The number of nitrogens with zero attached hydrogens (tertiary/aromatic N) is 2. The molecule has 0 bridgehead atoms. The first-order valence-corrected chi connectivity index (χ1v) is 15.1. The van der Waals surface area contributed by atoms with E-state index in [1.165, 1.54) is 12.8 Å². The Kier molecular flexibility index (Phi) is 10.5. The summed E-state index contributed by atoms with van der Waals surface area (Å²) in [4.78, 5) is 42.6. The SMILES string of the molecule is C[C@H]1CN([C@@H](C)CO)C(=O)c2cc(NC(=O)NC3CCCCC3)ccc2O[C@H]1CN(C)C(=O)NC1CCCCC1. The summed E-state index contributed by atoms with van der Waals surface area (Å²) < 4.78 is 6.41. The van der Waals surface area contributed by atoms with E-state index < -0.39 is 6.04 Å². The number of carbonyl (C=O) groups excluding carboxylic acids is 3. The molecule has 40 heavy (non-hydrogen) atoms. The predicted molar refractivity (Wildman–Crippen MR) is 155 cm³/mol. The third-order valence-corrected chi connectivity index (χ3v) is 8.60. The zero-order valence-corrected chi connectivity index (χ0v) is 24.3. The van der Waals surface area contributed by atoms with Gasteiger partial charge < -0.3 is 35.6 Å². The predicted octanol–water partition coefficient (Wildman–Crippen LogP) is 4.34. The molecule has 4 N–H and O–H groups in total. The van der Waals surface area contributed by atoms with Gasteiger partial charge >= 0.3 is 12.1 Å². The highest BCUT2D eigenvalue weighted by molar-refractivity contribution is 5.99. The van der Waals surface area contributed by atoms with Crippen molar-refractivity contribution in [3.63, 3.8) is 0 Å². The lowest BCUT2D eigenvalue weighted by atomic mass is 9.96. The number of amides is 5. The maximum Gasteiger partial charge on any atom is 0.319 e. The zero-order chi connectivity index (χ0) is 28.6. The maximum absolute atomic E-state index is 13.7. The van der Waals surface area contributed by atoms with E-state index in [0.717, 1.165) is 51.4 Å². The molecule has 10 heteroatoms. The highest BCUT2D eigenvalue weighted by Crippen LogP contribution is 2.31. The second-order valence-corrected chi connectivity index (χ2v) is 11.9. The van der Waals surface area contributed by atoms with Crippen molar-refractivity contribution in [2.24, 2.45) is 5.92 Å². The first-order valence-electron chi connectivity index (χ1n) is 15.1. The molecule has 1 aromatic carbocycles. The van der Waals surface area contributed by atoms with Crippen molar-refractivity contribution >= 4 is 23.7 Å². The van der Waals surface area contributed by atoms with Crippen LogP contribution in [0.15, 0.2) is 18.2 Å². The molecule has 1 aliphatic heterocycles. The Morgan fingerprint density at radius 3 is 2.30 bits per heavy atom. The smallest absolute Gasteiger partial charge is 0.319 e. The Bertz CT molecular complexity index is 1020. The third kappa shape index (κ3) is 7.80. The van der Waals surface area contributed by atoms with Gasteiger partial charge in [-0.25, -0.2) is 9.59 Å². The standard InChI is InChI=1S/C30H47N5O5/c1-20-17-35(21(2)19-36)28(37)25-16-24(32-29(38)31-22-10-6-4-7-11-22)14-15-26(25)40-27(20)18-34(3)30(39)33-23-12-8-5-9-13-23/h14-16,20-23,27,36H,4-13,17-19H2,1-3H3,(H,33,39)(H2,31,32,38)/t20-,21-,27-/m0/s1. The van der Waals surface area contributed by atoms with E-state index in [0.29, 0.717) is 30.1 Å². The molecular weight excluding hydrogens is 510 g/mol. The summed E-state index contributed by atoms with van der Waals surface area (Å²) >= 11 is 0. The lowest BCUT2D eigenvalue weighted by Gasteiger charge is -2.38. The number of nitrogens with one attached hydrogen (secondary N) is 3. The van der Waals surface area contributed by atoms with Crippen LogP contribution in [-0.4, -0.2) is 83.8 Å². The quantitative estimate of drug-likeness (QED) is 0.397. The molecule has 1 aromatic rings. The molecule has 4 rings (SSSR count). The number of hydrogen-bond donors (Lipinski definition) is 4. The van der Waals surface area contributed by atoms with Gasteiger partial charge in [0, 0.05) is 37.3 Å². The van der Waals surface area contributed by atoms with Crippen LogP contribution in [0.25, 0.3) is 0 Å². The second kappa shape index (κ2) is 14.1. The molecule has 0 radical (unpaired) electrons. The third-order valence-electron chi connectivity index (χ3n) is 8.60. The molecule has 0 spiro atoms. The minimum absolute atomic E-state index is 0.102. The molecule has 0 saturated heterocycles. The van der Waals surface area contributed by atoms with E-state index in [1.807, 2.05) is 13.8 Å². The monoisotopic (exact) mass is 557 g/mol. The van der Waals surface area contributed by atoms with Crippen LogP contribution in [0.2, 0.25) is 0 Å². The van der Waals surface area contributed by atoms with Crippen molar-refractivity contribution in [1.29, 1.82) is 0 Å². The molecule has 5 amide bonds. The summed E-state index contributed by atoms with van der Waals surface area (Å²) in [7, 11) is 1.77. The molecule has 10 nitrogen and oxygen atoms in total. The topological polar surface area (TPSA) is 123 Å². The molecule has 2 fully saturated rings. The number of anilines is 1. The van der Waals surface area contributed by atoms with Crippen molar-refractivity contribution in [3.8, 4) is 5.75 Å². The highest BCUT2D eigenvalue weighted by atomic mass is 16.5. The van der Waals surface area contributed by atoms with Crippen LogP contribution >= 0.6 is 0 Å². The molecule has 222 valence electrons. The van der Waals surface area contributed by atoms with Crippen molar-refractivity contribution < 1.29 is 24.2 Å². The number of hydrogen-bond acceptors (Lipinski definition) is 5. The molecule has 3 aliphatic rings. The number of aliphatic hydroxyl groups is 1. The van der Waals surface area contributed by atoms with Gasteiger partial charge in [0.1, 0.15) is 11.9 Å². The minimum atomic E-state index is -0.403. The number of fused-ring (bicyclic) bond motifs is 1. The number of carbonyl (C=O) groups is 3. The Morgan fingerprint density at radius 2 is 1.68 bits per heavy atom. The van der Waals surface area contributed by atoms with E-state index in [9.17, 15) is 19.5 Å². The Labute approximate surface area is 238 Å². The molecule has 0 aromatic heterocycles. The average molecular weight is 558 g/mol. The van der Waals surface area contributed by atoms with Crippen molar-refractivity contribution in [2.75, 3.05) is 32.1 Å². The molecule has 2 saturated carbocycles. The van der Waals surface area contributed by atoms with E-state index in [-0.39, 0.29) is 48.7 Å². The summed E-state index contributed by atoms with van der Waals surface area (Å²) in [6.45, 7) is 4.34. The molecule has 0 unspecified atom stereocenters. The van der Waals surface area contributed by atoms with Gasteiger partial charge in [0.05, 0.1) is 24.8 Å². The summed E-state index contributed by atoms with van der Waals surface area (Å²) in [5.74, 6) is 0.0349. The Balaban J connectivity index is 1.50. The van der Waals surface area contributed by atoms with Crippen molar-refractivity contribution in [1.82, 2.24) is 20.4 Å². The van der Waals surface area contributed by atoms with Crippen molar-refractivity contribution in [2.45, 2.75) is 102 Å². The van der Waals surface area contributed by atoms with E-state index in [1.54, 1.807) is 35.0 Å². The largest absolute Gasteiger partial charge is 0.487 e. The average Bonchev–Trinajstić information content (AvgIpc) is 2.95. The maximum atomic E-state index is 13.7. The van der Waals surface area contributed by atoms with Crippen LogP contribution < -0.4 is 20.7 Å². The highest BCUT2D eigenvalue weighted by Gasteiger charge is 2.34. The van der Waals surface area contributed by atoms with Gasteiger partial charge in [0.25, 0.3) is 5.91 Å². The second-order valence-electron chi connectivity index (χ2n) is 11.9. The fourth-order valence-electron chi connectivity index (χ4n) is 6.00. The van der Waals surface area contributed by atoms with Gasteiger partial charge in [-0.05, 0) is 50.8 Å². The minimum Gasteiger partial charge on any atom is -0.487 e. The van der Waals surface area contributed by atoms with E-state index >= 15 is 0 Å². The summed E-state index contributed by atoms with van der Waals surface area (Å²) in [5, 5.41) is 19.0. The fourth-order valence-corrected chi connectivity index (χ4v) is 6.00. The zero-order valence-electron chi connectivity index (χ0n) is 24.3. The molecule has 2 aliphatic carbocycles. The lowest BCUT2D eigenvalue weighted by Crippen LogP contribution is -2.52. The summed E-state index contributed by atoms with van der Waals surface area (Å²) in [5.41, 5.74) is 0.816. The van der Waals surface area contributed by atoms with Gasteiger partial charge in [0.15, 0.2) is 0 Å². The van der Waals surface area contributed by atoms with E-state index in [2.05, 4.69) is 16.0 Å². The van der Waals surface area contributed by atoms with Crippen LogP contribution in [0.3, 0.4) is 0 Å². The number of aliphatic hydroxyl groups excluding tert-OH is 1. The van der Waals surface area contributed by atoms with Gasteiger partial charge in [-0.15, -0.1) is 0 Å².